The van der Waals surface area contributed by atoms with Crippen molar-refractivity contribution in [2.75, 3.05) is 13.7 Å². The monoisotopic (exact) mass is 450 g/mol. The second kappa shape index (κ2) is 9.94. The van der Waals surface area contributed by atoms with E-state index in [1.165, 1.54) is 27.0 Å². The van der Waals surface area contributed by atoms with E-state index in [2.05, 4.69) is 6.07 Å². The van der Waals surface area contributed by atoms with Crippen LogP contribution in [0, 0.1) is 23.2 Å². The lowest BCUT2D eigenvalue weighted by Crippen LogP contribution is -2.54. The first-order valence-corrected chi connectivity index (χ1v) is 11.3. The molecule has 7 heteroatoms. The van der Waals surface area contributed by atoms with E-state index in [-0.39, 0.29) is 42.8 Å². The van der Waals surface area contributed by atoms with E-state index in [4.69, 9.17) is 4.74 Å². The highest BCUT2D eigenvalue weighted by Gasteiger charge is 2.45. The van der Waals surface area contributed by atoms with Crippen molar-refractivity contribution >= 4 is 0 Å². The van der Waals surface area contributed by atoms with Gasteiger partial charge in [-0.1, -0.05) is 6.08 Å². The van der Waals surface area contributed by atoms with Gasteiger partial charge in [0, 0.05) is 37.3 Å². The largest absolute Gasteiger partial charge is 0.368 e. The summed E-state index contributed by atoms with van der Waals surface area (Å²) in [5.74, 6) is -1.54. The van der Waals surface area contributed by atoms with Gasteiger partial charge in [-0.2, -0.15) is 5.26 Å². The first kappa shape index (κ1) is 24.8. The van der Waals surface area contributed by atoms with Crippen molar-refractivity contribution in [1.82, 2.24) is 4.90 Å². The van der Waals surface area contributed by atoms with Crippen LogP contribution in [0.3, 0.4) is 0 Å². The second-order valence-corrected chi connectivity index (χ2v) is 9.81. The second-order valence-electron chi connectivity index (χ2n) is 9.81. The maximum Gasteiger partial charge on any atom is 0.154 e. The minimum absolute atomic E-state index is 0.00343. The summed E-state index contributed by atoms with van der Waals surface area (Å²) >= 11 is 0. The molecule has 0 radical (unpaired) electrons. The van der Waals surface area contributed by atoms with Crippen LogP contribution in [0.15, 0.2) is 46.6 Å². The van der Waals surface area contributed by atoms with Crippen LogP contribution >= 0.6 is 0 Å². The van der Waals surface area contributed by atoms with Crippen molar-refractivity contribution in [3.8, 4) is 6.07 Å². The number of nitriles is 1. The molecule has 0 amide bonds. The van der Waals surface area contributed by atoms with Gasteiger partial charge < -0.3 is 9.84 Å². The fourth-order valence-electron chi connectivity index (χ4n) is 5.17. The number of methoxy groups -OCH3 is 1. The number of rotatable bonds is 7. The Labute approximate surface area is 188 Å². The molecule has 3 rings (SSSR count). The summed E-state index contributed by atoms with van der Waals surface area (Å²) in [6.07, 6.45) is 5.93. The van der Waals surface area contributed by atoms with Crippen molar-refractivity contribution in [3.05, 3.63) is 46.6 Å². The average Bonchev–Trinajstić information content (AvgIpc) is 2.72. The topological polar surface area (TPSA) is 56.5 Å². The molecule has 0 aromatic heterocycles. The molecule has 5 atom stereocenters. The smallest absolute Gasteiger partial charge is 0.154 e. The highest BCUT2D eigenvalue weighted by Crippen LogP contribution is 2.46. The summed E-state index contributed by atoms with van der Waals surface area (Å²) in [6.45, 7) is 4.95. The van der Waals surface area contributed by atoms with E-state index >= 15 is 8.78 Å². The van der Waals surface area contributed by atoms with Gasteiger partial charge in [0.25, 0.3) is 0 Å². The highest BCUT2D eigenvalue weighted by molar-refractivity contribution is 5.48. The average molecular weight is 451 g/mol. The van der Waals surface area contributed by atoms with Crippen LogP contribution < -0.4 is 0 Å². The number of aliphatic hydroxyl groups is 1. The number of ether oxygens (including phenoxy) is 1. The van der Waals surface area contributed by atoms with E-state index < -0.39 is 29.7 Å². The number of fused-ring (bicyclic) bond motifs is 1. The van der Waals surface area contributed by atoms with Crippen molar-refractivity contribution in [1.29, 1.82) is 5.26 Å². The third-order valence-electron chi connectivity index (χ3n) is 6.66. The van der Waals surface area contributed by atoms with Gasteiger partial charge in [0.15, 0.2) is 6.29 Å². The SMILES string of the molecule is COC(O)CCC1C=C(F)C(C2C3=CC=C(C#N)CC3CC(C)N2CC(C)(C)F)=C(F)C1. The molecule has 4 nitrogen and oxygen atoms in total. The van der Waals surface area contributed by atoms with E-state index in [1.807, 2.05) is 11.8 Å². The molecule has 1 fully saturated rings. The van der Waals surface area contributed by atoms with Crippen molar-refractivity contribution in [3.63, 3.8) is 0 Å². The third kappa shape index (κ3) is 5.54. The Morgan fingerprint density at radius 1 is 1.31 bits per heavy atom. The van der Waals surface area contributed by atoms with Crippen LogP contribution in [0.2, 0.25) is 0 Å². The van der Waals surface area contributed by atoms with Crippen LogP contribution in [0.4, 0.5) is 13.2 Å². The summed E-state index contributed by atoms with van der Waals surface area (Å²) in [6, 6.07) is 1.38. The summed E-state index contributed by atoms with van der Waals surface area (Å²) in [4.78, 5) is 1.87. The van der Waals surface area contributed by atoms with E-state index in [0.717, 1.165) is 5.57 Å². The zero-order chi connectivity index (χ0) is 23.6. The van der Waals surface area contributed by atoms with Crippen molar-refractivity contribution in [2.24, 2.45) is 11.8 Å². The quantitative estimate of drug-likeness (QED) is 0.525. The molecular weight excluding hydrogens is 417 g/mol. The summed E-state index contributed by atoms with van der Waals surface area (Å²) < 4.78 is 50.4. The van der Waals surface area contributed by atoms with Gasteiger partial charge in [-0.05, 0) is 76.0 Å². The number of hydrogen-bond donors (Lipinski definition) is 1. The predicted octanol–water partition coefficient (Wildman–Crippen LogP) is 5.44. The molecule has 0 spiro atoms. The maximum absolute atomic E-state index is 15.5. The number of aliphatic hydroxyl groups excluding tert-OH is 1. The van der Waals surface area contributed by atoms with Gasteiger partial charge in [0.2, 0.25) is 0 Å². The minimum Gasteiger partial charge on any atom is -0.368 e. The van der Waals surface area contributed by atoms with E-state index in [0.29, 0.717) is 24.8 Å². The maximum atomic E-state index is 15.5. The fourth-order valence-corrected chi connectivity index (χ4v) is 5.17. The van der Waals surface area contributed by atoms with Gasteiger partial charge in [0.05, 0.1) is 12.1 Å². The number of halogens is 3. The number of nitrogens with zero attached hydrogens (tertiary/aromatic N) is 2. The van der Waals surface area contributed by atoms with Crippen LogP contribution in [-0.2, 0) is 4.74 Å². The van der Waals surface area contributed by atoms with Crippen LogP contribution in [0.1, 0.15) is 52.9 Å². The normalized spacial score (nSPS) is 30.2. The number of alkyl halides is 1. The van der Waals surface area contributed by atoms with Gasteiger partial charge >= 0.3 is 0 Å². The molecule has 1 N–H and O–H groups in total. The Bertz CT molecular complexity index is 879. The zero-order valence-electron chi connectivity index (χ0n) is 19.2. The zero-order valence-corrected chi connectivity index (χ0v) is 19.2. The molecule has 0 aromatic rings. The highest BCUT2D eigenvalue weighted by atomic mass is 19.1. The van der Waals surface area contributed by atoms with Gasteiger partial charge in [0.1, 0.15) is 17.3 Å². The van der Waals surface area contributed by atoms with E-state index in [9.17, 15) is 14.8 Å². The van der Waals surface area contributed by atoms with E-state index in [1.54, 1.807) is 12.2 Å². The Balaban J connectivity index is 1.98. The molecule has 176 valence electrons. The Kier molecular flexibility index (Phi) is 7.69. The number of piperidine rings is 1. The molecule has 1 aliphatic heterocycles. The molecule has 5 unspecified atom stereocenters. The molecule has 0 aromatic carbocycles. The summed E-state index contributed by atoms with van der Waals surface area (Å²) in [5, 5.41) is 18.9. The molecule has 2 aliphatic carbocycles. The number of allylic oxidation sites excluding steroid dienone is 5. The predicted molar refractivity (Wildman–Crippen MR) is 117 cm³/mol. The van der Waals surface area contributed by atoms with Gasteiger partial charge in [-0.15, -0.1) is 0 Å². The lowest BCUT2D eigenvalue weighted by Gasteiger charge is -2.49. The number of hydrogen-bond acceptors (Lipinski definition) is 4. The fraction of sp³-hybridized carbons (Fsp3) is 0.640. The molecular formula is C25H33F3N2O2. The van der Waals surface area contributed by atoms with Crippen LogP contribution in [0.25, 0.3) is 0 Å². The molecule has 0 saturated carbocycles. The molecule has 1 heterocycles. The molecule has 0 bridgehead atoms. The van der Waals surface area contributed by atoms with Crippen molar-refractivity contribution in [2.45, 2.75) is 76.9 Å². The molecule has 32 heavy (non-hydrogen) atoms. The molecule has 1 saturated heterocycles. The summed E-state index contributed by atoms with van der Waals surface area (Å²) in [7, 11) is 1.38. The Hall–Kier alpha value is -1.88. The van der Waals surface area contributed by atoms with Gasteiger partial charge in [-0.3, -0.25) is 4.90 Å². The third-order valence-corrected chi connectivity index (χ3v) is 6.66. The van der Waals surface area contributed by atoms with Crippen LogP contribution in [0.5, 0.6) is 0 Å². The van der Waals surface area contributed by atoms with Gasteiger partial charge in [-0.25, -0.2) is 13.2 Å². The lowest BCUT2D eigenvalue weighted by molar-refractivity contribution is -0.0805. The van der Waals surface area contributed by atoms with Crippen molar-refractivity contribution < 1.29 is 23.0 Å². The summed E-state index contributed by atoms with van der Waals surface area (Å²) in [5.41, 5.74) is -0.0648. The molecule has 3 aliphatic rings. The Morgan fingerprint density at radius 3 is 2.62 bits per heavy atom. The first-order valence-electron chi connectivity index (χ1n) is 11.3. The first-order chi connectivity index (χ1) is 15.0. The van der Waals surface area contributed by atoms with Crippen LogP contribution in [-0.4, -0.2) is 47.7 Å². The standard InChI is InChI=1S/C25H33F3N2O2/c1-15-9-18-10-17(13-29)5-7-19(18)24(30(15)14-25(2,3)28)23-20(26)11-16(12-21(23)27)6-8-22(31)32-4/h5,7,11,15-16,18,22,24,31H,6,8-10,12,14H2,1-4H3. The Morgan fingerprint density at radius 2 is 2.03 bits per heavy atom. The minimum atomic E-state index is -1.53. The lowest BCUT2D eigenvalue weighted by atomic mass is 9.72. The number of likely N-dealkylation sites (tertiary alicyclic amines) is 1.